The Morgan fingerprint density at radius 2 is 2.17 bits per heavy atom. The fourth-order valence-corrected chi connectivity index (χ4v) is 2.32. The van der Waals surface area contributed by atoms with Gasteiger partial charge in [-0.05, 0) is 39.5 Å². The van der Waals surface area contributed by atoms with Crippen molar-refractivity contribution in [2.75, 3.05) is 0 Å². The molecule has 3 heteroatoms. The lowest BCUT2D eigenvalue weighted by molar-refractivity contribution is 1.32. The van der Waals surface area contributed by atoms with Crippen molar-refractivity contribution in [2.45, 2.75) is 0 Å². The number of hydrogen-bond donors (Lipinski definition) is 0. The molecular weight excluding hydrogens is 234 g/mol. The highest BCUT2D eigenvalue weighted by molar-refractivity contribution is 9.10. The molecular formula is C9H6BrNS. The van der Waals surface area contributed by atoms with Gasteiger partial charge < -0.3 is 0 Å². The Kier molecular flexibility index (Phi) is 2.23. The van der Waals surface area contributed by atoms with Gasteiger partial charge in [0.05, 0.1) is 10.6 Å². The summed E-state index contributed by atoms with van der Waals surface area (Å²) in [5.41, 5.74) is 1.02. The van der Waals surface area contributed by atoms with Crippen LogP contribution in [0.2, 0.25) is 0 Å². The van der Waals surface area contributed by atoms with Crippen molar-refractivity contribution in [2.24, 2.45) is 0 Å². The molecule has 2 aromatic heterocycles. The summed E-state index contributed by atoms with van der Waals surface area (Å²) in [6.45, 7) is 0. The maximum absolute atomic E-state index is 4.28. The summed E-state index contributed by atoms with van der Waals surface area (Å²) >= 11 is 5.16. The molecule has 0 unspecified atom stereocenters. The summed E-state index contributed by atoms with van der Waals surface area (Å²) in [7, 11) is 0. The van der Waals surface area contributed by atoms with E-state index in [4.69, 9.17) is 0 Å². The fourth-order valence-electron chi connectivity index (χ4n) is 0.980. The van der Waals surface area contributed by atoms with E-state index in [0.29, 0.717) is 0 Å². The second-order valence-electron chi connectivity index (χ2n) is 2.31. The van der Waals surface area contributed by atoms with Gasteiger partial charge in [0.25, 0.3) is 0 Å². The van der Waals surface area contributed by atoms with Crippen LogP contribution in [0.1, 0.15) is 0 Å². The van der Waals surface area contributed by atoms with E-state index in [1.54, 1.807) is 17.5 Å². The van der Waals surface area contributed by atoms with Gasteiger partial charge in [-0.2, -0.15) is 0 Å². The van der Waals surface area contributed by atoms with Gasteiger partial charge in [-0.1, -0.05) is 6.07 Å². The van der Waals surface area contributed by atoms with Crippen molar-refractivity contribution < 1.29 is 0 Å². The van der Waals surface area contributed by atoms with Crippen LogP contribution in [0.4, 0.5) is 0 Å². The van der Waals surface area contributed by atoms with Gasteiger partial charge in [-0.15, -0.1) is 11.3 Å². The molecule has 0 spiro atoms. The molecule has 0 atom stereocenters. The minimum Gasteiger partial charge on any atom is -0.254 e. The van der Waals surface area contributed by atoms with Crippen LogP contribution < -0.4 is 0 Å². The van der Waals surface area contributed by atoms with Gasteiger partial charge in [0.1, 0.15) is 0 Å². The van der Waals surface area contributed by atoms with Crippen LogP contribution in [0.3, 0.4) is 0 Å². The number of aromatic nitrogens is 1. The number of rotatable bonds is 1. The van der Waals surface area contributed by atoms with Crippen LogP contribution >= 0.6 is 27.3 Å². The molecule has 0 bridgehead atoms. The van der Waals surface area contributed by atoms with Crippen LogP contribution in [0.15, 0.2) is 40.3 Å². The number of nitrogens with zero attached hydrogens (tertiary/aromatic N) is 1. The van der Waals surface area contributed by atoms with Gasteiger partial charge in [-0.25, -0.2) is 0 Å². The lowest BCUT2D eigenvalue weighted by Crippen LogP contribution is -1.79. The van der Waals surface area contributed by atoms with Crippen LogP contribution in [0.5, 0.6) is 0 Å². The molecule has 12 heavy (non-hydrogen) atoms. The Labute approximate surface area is 83.2 Å². The summed E-state index contributed by atoms with van der Waals surface area (Å²) < 4.78 is 1.05. The Morgan fingerprint density at radius 1 is 1.25 bits per heavy atom. The largest absolute Gasteiger partial charge is 0.254 e. The van der Waals surface area contributed by atoms with Crippen LogP contribution in [-0.4, -0.2) is 4.98 Å². The first-order chi connectivity index (χ1) is 5.88. The molecule has 2 heterocycles. The first kappa shape index (κ1) is 7.95. The first-order valence-electron chi connectivity index (χ1n) is 3.52. The Balaban J connectivity index is 2.55. The van der Waals surface area contributed by atoms with Crippen LogP contribution in [-0.2, 0) is 0 Å². The van der Waals surface area contributed by atoms with E-state index in [1.165, 1.54) is 4.88 Å². The van der Waals surface area contributed by atoms with Crippen LogP contribution in [0, 0.1) is 0 Å². The number of hydrogen-bond acceptors (Lipinski definition) is 2. The molecule has 2 rings (SSSR count). The second kappa shape index (κ2) is 3.37. The molecule has 0 saturated heterocycles. The molecule has 0 radical (unpaired) electrons. The third-order valence-corrected chi connectivity index (χ3v) is 3.03. The quantitative estimate of drug-likeness (QED) is 0.742. The normalized spacial score (nSPS) is 10.1. The molecule has 1 nitrogen and oxygen atoms in total. The van der Waals surface area contributed by atoms with E-state index in [9.17, 15) is 0 Å². The monoisotopic (exact) mass is 239 g/mol. The summed E-state index contributed by atoms with van der Waals surface area (Å²) in [5.74, 6) is 0. The second-order valence-corrected chi connectivity index (χ2v) is 4.11. The van der Waals surface area contributed by atoms with Gasteiger partial charge in [-0.3, -0.25) is 4.98 Å². The summed E-state index contributed by atoms with van der Waals surface area (Å²) in [6.07, 6.45) is 1.81. The topological polar surface area (TPSA) is 12.9 Å². The number of thiophene rings is 1. The molecule has 2 aromatic rings. The average Bonchev–Trinajstić information content (AvgIpc) is 2.57. The molecule has 0 N–H and O–H groups in total. The molecule has 0 saturated carbocycles. The third kappa shape index (κ3) is 1.42. The van der Waals surface area contributed by atoms with Gasteiger partial charge >= 0.3 is 0 Å². The maximum atomic E-state index is 4.28. The number of halogens is 1. The maximum Gasteiger partial charge on any atom is 0.0943 e. The third-order valence-electron chi connectivity index (χ3n) is 1.51. The Morgan fingerprint density at radius 3 is 2.83 bits per heavy atom. The first-order valence-corrected chi connectivity index (χ1v) is 5.19. The number of pyridine rings is 1. The zero-order valence-electron chi connectivity index (χ0n) is 6.20. The highest BCUT2D eigenvalue weighted by Gasteiger charge is 2.02. The predicted octanol–water partition coefficient (Wildman–Crippen LogP) is 3.57. The van der Waals surface area contributed by atoms with E-state index in [1.807, 2.05) is 18.2 Å². The highest BCUT2D eigenvalue weighted by Crippen LogP contribution is 2.28. The minimum atomic E-state index is 1.02. The van der Waals surface area contributed by atoms with Gasteiger partial charge in [0.2, 0.25) is 0 Å². The Bertz CT molecular complexity index is 370. The van der Waals surface area contributed by atoms with Gasteiger partial charge in [0, 0.05) is 10.7 Å². The van der Waals surface area contributed by atoms with Crippen molar-refractivity contribution in [3.05, 3.63) is 40.3 Å². The fraction of sp³-hybridized carbons (Fsp3) is 0. The molecule has 0 aliphatic rings. The summed E-state index contributed by atoms with van der Waals surface area (Å²) in [6, 6.07) is 8.02. The van der Waals surface area contributed by atoms with Crippen molar-refractivity contribution in [3.8, 4) is 10.6 Å². The average molecular weight is 240 g/mol. The van der Waals surface area contributed by atoms with Crippen molar-refractivity contribution >= 4 is 27.3 Å². The summed E-state index contributed by atoms with van der Waals surface area (Å²) in [4.78, 5) is 5.48. The van der Waals surface area contributed by atoms with E-state index < -0.39 is 0 Å². The Hall–Kier alpha value is -0.670. The molecule has 0 amide bonds. The van der Waals surface area contributed by atoms with E-state index in [0.717, 1.165) is 10.2 Å². The smallest absolute Gasteiger partial charge is 0.0943 e. The van der Waals surface area contributed by atoms with Crippen molar-refractivity contribution in [1.82, 2.24) is 4.98 Å². The standard InChI is InChI=1S/C9H6BrNS/c10-7-3-1-5-11-9(7)8-4-2-6-12-8/h1-6H. The lowest BCUT2D eigenvalue weighted by Gasteiger charge is -1.97. The molecule has 0 aromatic carbocycles. The summed E-state index contributed by atoms with van der Waals surface area (Å²) in [5, 5.41) is 2.05. The van der Waals surface area contributed by atoms with E-state index in [2.05, 4.69) is 32.4 Å². The predicted molar refractivity (Wildman–Crippen MR) is 55.3 cm³/mol. The molecule has 0 fully saturated rings. The molecule has 0 aliphatic carbocycles. The highest BCUT2D eigenvalue weighted by atomic mass is 79.9. The molecule has 0 aliphatic heterocycles. The van der Waals surface area contributed by atoms with Crippen LogP contribution in [0.25, 0.3) is 10.6 Å². The molecule has 60 valence electrons. The van der Waals surface area contributed by atoms with E-state index in [-0.39, 0.29) is 0 Å². The SMILES string of the molecule is Brc1cccnc1-c1cccs1. The van der Waals surface area contributed by atoms with Crippen molar-refractivity contribution in [3.63, 3.8) is 0 Å². The lowest BCUT2D eigenvalue weighted by atomic mass is 10.3. The zero-order valence-corrected chi connectivity index (χ0v) is 8.60. The minimum absolute atomic E-state index is 1.02. The van der Waals surface area contributed by atoms with E-state index >= 15 is 0 Å². The van der Waals surface area contributed by atoms with Gasteiger partial charge in [0.15, 0.2) is 0 Å². The zero-order chi connectivity index (χ0) is 8.39. The van der Waals surface area contributed by atoms with Crippen molar-refractivity contribution in [1.29, 1.82) is 0 Å².